The molecule has 0 rings (SSSR count). The second-order valence-corrected chi connectivity index (χ2v) is 5.88. The molecule has 138 valence electrons. The first-order valence-electron chi connectivity index (χ1n) is 7.56. The summed E-state index contributed by atoms with van der Waals surface area (Å²) in [6.07, 6.45) is 0.0953. The van der Waals surface area contributed by atoms with Crippen LogP contribution in [-0.2, 0) is 19.2 Å². The van der Waals surface area contributed by atoms with E-state index < -0.39 is 48.4 Å². The molecule has 0 bridgehead atoms. The third kappa shape index (κ3) is 8.44. The average Bonchev–Trinajstić information content (AvgIpc) is 2.46. The molecule has 0 fully saturated rings. The van der Waals surface area contributed by atoms with Gasteiger partial charge >= 0.3 is 5.97 Å². The van der Waals surface area contributed by atoms with Gasteiger partial charge in [-0.05, 0) is 18.8 Å². The number of carbonyl (C=O) groups is 4. The fraction of sp³-hybridized carbons (Fsp3) is 0.714. The van der Waals surface area contributed by atoms with Gasteiger partial charge in [-0.3, -0.25) is 14.4 Å². The van der Waals surface area contributed by atoms with Crippen LogP contribution in [0.3, 0.4) is 0 Å². The Bertz CT molecular complexity index is 468. The summed E-state index contributed by atoms with van der Waals surface area (Å²) < 4.78 is 0. The molecule has 0 heterocycles. The number of carboxylic acid groups (broad SMARTS) is 1. The lowest BCUT2D eigenvalue weighted by molar-refractivity contribution is -0.143. The van der Waals surface area contributed by atoms with Gasteiger partial charge in [0.2, 0.25) is 17.7 Å². The van der Waals surface area contributed by atoms with Gasteiger partial charge in [0, 0.05) is 6.42 Å². The molecule has 8 N–H and O–H groups in total. The van der Waals surface area contributed by atoms with Crippen LogP contribution in [0, 0.1) is 5.92 Å². The van der Waals surface area contributed by atoms with E-state index in [1.165, 1.54) is 0 Å². The Morgan fingerprint density at radius 3 is 2.00 bits per heavy atom. The van der Waals surface area contributed by atoms with Gasteiger partial charge in [0.25, 0.3) is 0 Å². The van der Waals surface area contributed by atoms with E-state index in [4.69, 9.17) is 21.7 Å². The predicted octanol–water partition coefficient (Wildman–Crippen LogP) is -2.33. The Morgan fingerprint density at radius 2 is 1.58 bits per heavy atom. The van der Waals surface area contributed by atoms with Crippen molar-refractivity contribution in [3.05, 3.63) is 0 Å². The van der Waals surface area contributed by atoms with Gasteiger partial charge in [0.15, 0.2) is 0 Å². The molecule has 0 radical (unpaired) electrons. The Balaban J connectivity index is 4.95. The van der Waals surface area contributed by atoms with E-state index in [0.717, 1.165) is 0 Å². The number of rotatable bonds is 11. The average molecular weight is 346 g/mol. The highest BCUT2D eigenvalue weighted by molar-refractivity contribution is 5.92. The fourth-order valence-electron chi connectivity index (χ4n) is 1.91. The van der Waals surface area contributed by atoms with E-state index in [1.54, 1.807) is 0 Å². The molecule has 0 aliphatic carbocycles. The van der Waals surface area contributed by atoms with Crippen molar-refractivity contribution < 1.29 is 29.4 Å². The highest BCUT2D eigenvalue weighted by atomic mass is 16.4. The van der Waals surface area contributed by atoms with E-state index in [0.29, 0.717) is 6.42 Å². The van der Waals surface area contributed by atoms with Gasteiger partial charge < -0.3 is 32.3 Å². The topological polar surface area (TPSA) is 185 Å². The SMILES string of the molecule is CC(C)CC(N)C(=O)NC(CCC(N)=O)C(=O)NC(CO)C(=O)O. The Kier molecular flexibility index (Phi) is 9.58. The van der Waals surface area contributed by atoms with Crippen LogP contribution in [0.15, 0.2) is 0 Å². The van der Waals surface area contributed by atoms with Gasteiger partial charge in [-0.1, -0.05) is 13.8 Å². The largest absolute Gasteiger partial charge is 0.480 e. The third-order valence-electron chi connectivity index (χ3n) is 3.17. The highest BCUT2D eigenvalue weighted by Crippen LogP contribution is 2.05. The maximum absolute atomic E-state index is 12.1. The second-order valence-electron chi connectivity index (χ2n) is 5.88. The Morgan fingerprint density at radius 1 is 1.04 bits per heavy atom. The van der Waals surface area contributed by atoms with Crippen LogP contribution in [0.2, 0.25) is 0 Å². The van der Waals surface area contributed by atoms with E-state index in [2.05, 4.69) is 10.6 Å². The van der Waals surface area contributed by atoms with Crippen molar-refractivity contribution in [3.8, 4) is 0 Å². The third-order valence-corrected chi connectivity index (χ3v) is 3.17. The van der Waals surface area contributed by atoms with Crippen molar-refractivity contribution in [3.63, 3.8) is 0 Å². The summed E-state index contributed by atoms with van der Waals surface area (Å²) in [5.41, 5.74) is 10.8. The summed E-state index contributed by atoms with van der Waals surface area (Å²) >= 11 is 0. The summed E-state index contributed by atoms with van der Waals surface area (Å²) in [5.74, 6) is -3.38. The lowest BCUT2D eigenvalue weighted by atomic mass is 10.0. The number of aliphatic hydroxyl groups excluding tert-OH is 1. The number of aliphatic carboxylic acids is 1. The molecular weight excluding hydrogens is 320 g/mol. The summed E-state index contributed by atoms with van der Waals surface area (Å²) in [4.78, 5) is 45.9. The molecule has 3 amide bonds. The monoisotopic (exact) mass is 346 g/mol. The number of aliphatic hydroxyl groups is 1. The molecule has 0 aromatic heterocycles. The van der Waals surface area contributed by atoms with Crippen molar-refractivity contribution in [1.82, 2.24) is 10.6 Å². The molecule has 0 spiro atoms. The maximum atomic E-state index is 12.1. The zero-order valence-corrected chi connectivity index (χ0v) is 13.8. The van der Waals surface area contributed by atoms with Gasteiger partial charge in [-0.15, -0.1) is 0 Å². The molecule has 0 aliphatic heterocycles. The molecule has 3 unspecified atom stereocenters. The predicted molar refractivity (Wildman–Crippen MR) is 84.4 cm³/mol. The zero-order valence-electron chi connectivity index (χ0n) is 13.8. The first-order chi connectivity index (χ1) is 11.1. The second kappa shape index (κ2) is 10.6. The van der Waals surface area contributed by atoms with E-state index in [1.807, 2.05) is 13.8 Å². The van der Waals surface area contributed by atoms with Crippen molar-refractivity contribution in [2.24, 2.45) is 17.4 Å². The van der Waals surface area contributed by atoms with E-state index in [-0.39, 0.29) is 18.8 Å². The Labute approximate surface area is 139 Å². The quantitative estimate of drug-likeness (QED) is 0.242. The van der Waals surface area contributed by atoms with Gasteiger partial charge in [0.05, 0.1) is 12.6 Å². The van der Waals surface area contributed by atoms with Crippen LogP contribution in [0.5, 0.6) is 0 Å². The molecule has 0 aromatic carbocycles. The summed E-state index contributed by atoms with van der Waals surface area (Å²) in [6.45, 7) is 2.94. The van der Waals surface area contributed by atoms with Crippen LogP contribution in [0.4, 0.5) is 0 Å². The van der Waals surface area contributed by atoms with Crippen LogP contribution >= 0.6 is 0 Å². The molecule has 0 aromatic rings. The number of nitrogens with two attached hydrogens (primary N) is 2. The minimum Gasteiger partial charge on any atom is -0.480 e. The molecule has 0 aliphatic rings. The zero-order chi connectivity index (χ0) is 18.9. The standard InChI is InChI=1S/C14H26N4O6/c1-7(2)5-8(15)12(21)17-9(3-4-11(16)20)13(22)18-10(6-19)14(23)24/h7-10,19H,3-6,15H2,1-2H3,(H2,16,20)(H,17,21)(H,18,22)(H,23,24). The normalized spacial score (nSPS) is 14.5. The van der Waals surface area contributed by atoms with Crippen LogP contribution in [-0.4, -0.2) is 58.6 Å². The lowest BCUT2D eigenvalue weighted by Crippen LogP contribution is -2.55. The first kappa shape index (κ1) is 21.8. The van der Waals surface area contributed by atoms with Crippen molar-refractivity contribution >= 4 is 23.7 Å². The minimum absolute atomic E-state index is 0.112. The maximum Gasteiger partial charge on any atom is 0.328 e. The minimum atomic E-state index is -1.52. The van der Waals surface area contributed by atoms with Crippen molar-refractivity contribution in [2.75, 3.05) is 6.61 Å². The van der Waals surface area contributed by atoms with Crippen LogP contribution in [0.25, 0.3) is 0 Å². The van der Waals surface area contributed by atoms with Gasteiger partial charge in [0.1, 0.15) is 12.1 Å². The smallest absolute Gasteiger partial charge is 0.328 e. The fourth-order valence-corrected chi connectivity index (χ4v) is 1.91. The number of primary amides is 1. The number of nitrogens with one attached hydrogen (secondary N) is 2. The molecular formula is C14H26N4O6. The number of hydrogen-bond acceptors (Lipinski definition) is 6. The molecule has 10 nitrogen and oxygen atoms in total. The number of carboxylic acids is 1. The van der Waals surface area contributed by atoms with Crippen LogP contribution < -0.4 is 22.1 Å². The molecule has 0 saturated heterocycles. The number of hydrogen-bond donors (Lipinski definition) is 6. The Hall–Kier alpha value is -2.20. The molecule has 10 heteroatoms. The van der Waals surface area contributed by atoms with Crippen molar-refractivity contribution in [2.45, 2.75) is 51.2 Å². The molecule has 3 atom stereocenters. The number of amides is 3. The van der Waals surface area contributed by atoms with Crippen LogP contribution in [0.1, 0.15) is 33.1 Å². The first-order valence-corrected chi connectivity index (χ1v) is 7.56. The summed E-state index contributed by atoms with van der Waals surface area (Å²) in [7, 11) is 0. The number of carbonyl (C=O) groups excluding carboxylic acids is 3. The van der Waals surface area contributed by atoms with Gasteiger partial charge in [-0.25, -0.2) is 4.79 Å². The lowest BCUT2D eigenvalue weighted by Gasteiger charge is -2.22. The highest BCUT2D eigenvalue weighted by Gasteiger charge is 2.28. The van der Waals surface area contributed by atoms with Gasteiger partial charge in [-0.2, -0.15) is 0 Å². The molecule has 0 saturated carbocycles. The van der Waals surface area contributed by atoms with Crippen molar-refractivity contribution in [1.29, 1.82) is 0 Å². The summed E-state index contributed by atoms with van der Waals surface area (Å²) in [5, 5.41) is 22.2. The summed E-state index contributed by atoms with van der Waals surface area (Å²) in [6, 6.07) is -3.55. The van der Waals surface area contributed by atoms with E-state index >= 15 is 0 Å². The molecule has 24 heavy (non-hydrogen) atoms. The van der Waals surface area contributed by atoms with E-state index in [9.17, 15) is 19.2 Å².